The maximum Gasteiger partial charge on any atom is 0.244 e. The van der Waals surface area contributed by atoms with Crippen LogP contribution in [0.25, 0.3) is 0 Å². The second-order valence-corrected chi connectivity index (χ2v) is 8.51. The summed E-state index contributed by atoms with van der Waals surface area (Å²) in [7, 11) is -3.37. The highest BCUT2D eigenvalue weighted by molar-refractivity contribution is 7.99. The normalized spacial score (nSPS) is 18.8. The Kier molecular flexibility index (Phi) is 4.99. The van der Waals surface area contributed by atoms with E-state index in [0.29, 0.717) is 18.0 Å². The first-order valence-electron chi connectivity index (χ1n) is 5.78. The number of sulfonamides is 1. The lowest BCUT2D eigenvalue weighted by molar-refractivity contribution is 0.434. The molecular formula is C11H16ClNO2S3. The molecule has 7 heteroatoms. The quantitative estimate of drug-likeness (QED) is 0.802. The van der Waals surface area contributed by atoms with Gasteiger partial charge in [0.1, 0.15) is 4.90 Å². The Morgan fingerprint density at radius 3 is 2.89 bits per heavy atom. The van der Waals surface area contributed by atoms with Crippen molar-refractivity contribution in [3.8, 4) is 0 Å². The van der Waals surface area contributed by atoms with E-state index < -0.39 is 10.0 Å². The lowest BCUT2D eigenvalue weighted by Crippen LogP contribution is -2.33. The minimum Gasteiger partial charge on any atom is -0.207 e. The zero-order valence-corrected chi connectivity index (χ0v) is 13.4. The lowest BCUT2D eigenvalue weighted by Gasteiger charge is -2.20. The van der Waals surface area contributed by atoms with Crippen LogP contribution >= 0.6 is 34.7 Å². The van der Waals surface area contributed by atoms with E-state index in [1.54, 1.807) is 4.31 Å². The van der Waals surface area contributed by atoms with Gasteiger partial charge < -0.3 is 0 Å². The van der Waals surface area contributed by atoms with Crippen LogP contribution in [0.4, 0.5) is 0 Å². The summed E-state index contributed by atoms with van der Waals surface area (Å²) in [6, 6.07) is 0. The highest BCUT2D eigenvalue weighted by Crippen LogP contribution is 2.31. The largest absolute Gasteiger partial charge is 0.244 e. The third-order valence-electron chi connectivity index (χ3n) is 2.89. The first kappa shape index (κ1) is 14.7. The fraction of sp³-hybridized carbons (Fsp3) is 0.636. The molecule has 1 aliphatic heterocycles. The average molecular weight is 326 g/mol. The van der Waals surface area contributed by atoms with Gasteiger partial charge in [-0.2, -0.15) is 16.1 Å². The van der Waals surface area contributed by atoms with Gasteiger partial charge in [-0.15, -0.1) is 22.9 Å². The minimum absolute atomic E-state index is 0.260. The number of nitrogens with zero attached hydrogens (tertiary/aromatic N) is 1. The van der Waals surface area contributed by atoms with Crippen LogP contribution in [0.3, 0.4) is 0 Å². The van der Waals surface area contributed by atoms with Crippen molar-refractivity contribution in [1.82, 2.24) is 4.31 Å². The molecule has 2 rings (SSSR count). The number of rotatable bonds is 3. The van der Waals surface area contributed by atoms with Crippen LogP contribution in [0, 0.1) is 6.92 Å². The van der Waals surface area contributed by atoms with Crippen molar-refractivity contribution in [3.05, 3.63) is 15.8 Å². The fourth-order valence-corrected chi connectivity index (χ4v) is 6.51. The summed E-state index contributed by atoms with van der Waals surface area (Å²) in [4.78, 5) is 1.19. The van der Waals surface area contributed by atoms with Crippen molar-refractivity contribution in [1.29, 1.82) is 0 Å². The molecule has 1 aliphatic rings. The summed E-state index contributed by atoms with van der Waals surface area (Å²) < 4.78 is 26.9. The number of hydrogen-bond acceptors (Lipinski definition) is 4. The average Bonchev–Trinajstić information content (AvgIpc) is 2.56. The van der Waals surface area contributed by atoms with Crippen LogP contribution < -0.4 is 0 Å². The Bertz CT molecular complexity index is 504. The predicted octanol–water partition coefficient (Wildman–Crippen LogP) is 2.92. The molecule has 3 nitrogen and oxygen atoms in total. The highest BCUT2D eigenvalue weighted by atomic mass is 35.5. The second-order valence-electron chi connectivity index (χ2n) is 4.17. The third-order valence-corrected chi connectivity index (χ3v) is 7.73. The van der Waals surface area contributed by atoms with E-state index >= 15 is 0 Å². The zero-order chi connectivity index (χ0) is 13.2. The van der Waals surface area contributed by atoms with Gasteiger partial charge in [-0.05, 0) is 30.0 Å². The standard InChI is InChI=1S/C11H16ClNO2S3/c1-9-8-17-10(7-12)11(9)18(14,15)13-3-2-5-16-6-4-13/h8H,2-7H2,1H3. The summed E-state index contributed by atoms with van der Waals surface area (Å²) >= 11 is 9.09. The molecule has 18 heavy (non-hydrogen) atoms. The molecule has 1 saturated heterocycles. The lowest BCUT2D eigenvalue weighted by atomic mass is 10.3. The van der Waals surface area contributed by atoms with E-state index in [2.05, 4.69) is 0 Å². The van der Waals surface area contributed by atoms with Crippen LogP contribution in [0.2, 0.25) is 0 Å². The molecule has 0 unspecified atom stereocenters. The number of aryl methyl sites for hydroxylation is 1. The van der Waals surface area contributed by atoms with Gasteiger partial charge in [0.25, 0.3) is 0 Å². The van der Waals surface area contributed by atoms with E-state index in [1.165, 1.54) is 11.3 Å². The highest BCUT2D eigenvalue weighted by Gasteiger charge is 2.29. The van der Waals surface area contributed by atoms with E-state index in [1.807, 2.05) is 24.1 Å². The molecule has 0 atom stereocenters. The molecule has 0 spiro atoms. The fourth-order valence-electron chi connectivity index (χ4n) is 2.02. The van der Waals surface area contributed by atoms with Gasteiger partial charge in [0.05, 0.1) is 5.88 Å². The second kappa shape index (κ2) is 6.13. The van der Waals surface area contributed by atoms with E-state index in [9.17, 15) is 8.42 Å². The van der Waals surface area contributed by atoms with Gasteiger partial charge in [-0.3, -0.25) is 0 Å². The van der Waals surface area contributed by atoms with Gasteiger partial charge in [-0.1, -0.05) is 0 Å². The number of halogens is 1. The Morgan fingerprint density at radius 2 is 2.17 bits per heavy atom. The van der Waals surface area contributed by atoms with Crippen LogP contribution in [0.15, 0.2) is 10.3 Å². The zero-order valence-electron chi connectivity index (χ0n) is 10.2. The summed E-state index contributed by atoms with van der Waals surface area (Å²) in [6.07, 6.45) is 0.920. The third kappa shape index (κ3) is 2.88. The Labute approximate surface area is 122 Å². The summed E-state index contributed by atoms with van der Waals surface area (Å²) in [5.74, 6) is 2.17. The molecule has 0 bridgehead atoms. The molecule has 1 aromatic rings. The molecule has 2 heterocycles. The van der Waals surface area contributed by atoms with Gasteiger partial charge in [0.15, 0.2) is 0 Å². The summed E-state index contributed by atoms with van der Waals surface area (Å²) in [5, 5.41) is 1.87. The van der Waals surface area contributed by atoms with Crippen molar-refractivity contribution in [2.75, 3.05) is 24.6 Å². The Balaban J connectivity index is 2.37. The minimum atomic E-state index is -3.37. The van der Waals surface area contributed by atoms with Crippen molar-refractivity contribution in [3.63, 3.8) is 0 Å². The van der Waals surface area contributed by atoms with Crippen LogP contribution in [0.5, 0.6) is 0 Å². The molecule has 102 valence electrons. The van der Waals surface area contributed by atoms with Crippen LogP contribution in [-0.4, -0.2) is 37.3 Å². The Morgan fingerprint density at radius 1 is 1.39 bits per heavy atom. The molecule has 1 aromatic heterocycles. The first-order valence-corrected chi connectivity index (χ1v) is 9.79. The summed E-state index contributed by atoms with van der Waals surface area (Å²) in [6.45, 7) is 3.06. The number of thioether (sulfide) groups is 1. The molecule has 0 aliphatic carbocycles. The smallest absolute Gasteiger partial charge is 0.207 e. The predicted molar refractivity (Wildman–Crippen MR) is 79.3 cm³/mol. The molecule has 0 N–H and O–H groups in total. The number of hydrogen-bond donors (Lipinski definition) is 0. The van der Waals surface area contributed by atoms with E-state index in [4.69, 9.17) is 11.6 Å². The monoisotopic (exact) mass is 325 g/mol. The number of thiophene rings is 1. The summed E-state index contributed by atoms with van der Waals surface area (Å²) in [5.41, 5.74) is 0.813. The van der Waals surface area contributed by atoms with Crippen molar-refractivity contribution >= 4 is 44.7 Å². The van der Waals surface area contributed by atoms with Crippen LogP contribution in [-0.2, 0) is 15.9 Å². The van der Waals surface area contributed by atoms with E-state index in [0.717, 1.165) is 28.4 Å². The molecule has 0 saturated carbocycles. The topological polar surface area (TPSA) is 37.4 Å². The Hall–Kier alpha value is 0.250. The van der Waals surface area contributed by atoms with Crippen LogP contribution in [0.1, 0.15) is 16.9 Å². The van der Waals surface area contributed by atoms with Gasteiger partial charge in [0.2, 0.25) is 10.0 Å². The van der Waals surface area contributed by atoms with Gasteiger partial charge in [-0.25, -0.2) is 8.42 Å². The van der Waals surface area contributed by atoms with Crippen molar-refractivity contribution in [2.24, 2.45) is 0 Å². The molecular weight excluding hydrogens is 310 g/mol. The molecule has 0 radical (unpaired) electrons. The van der Waals surface area contributed by atoms with Gasteiger partial charge >= 0.3 is 0 Å². The van der Waals surface area contributed by atoms with E-state index in [-0.39, 0.29) is 5.88 Å². The van der Waals surface area contributed by atoms with Crippen molar-refractivity contribution in [2.45, 2.75) is 24.1 Å². The molecule has 1 fully saturated rings. The SMILES string of the molecule is Cc1csc(CCl)c1S(=O)(=O)N1CCCSCC1. The van der Waals surface area contributed by atoms with Gasteiger partial charge in [0, 0.05) is 23.7 Å². The number of alkyl halides is 1. The molecule has 0 aromatic carbocycles. The molecule has 0 amide bonds. The maximum atomic E-state index is 12.7. The first-order chi connectivity index (χ1) is 8.57. The van der Waals surface area contributed by atoms with Crippen molar-refractivity contribution < 1.29 is 8.42 Å². The maximum absolute atomic E-state index is 12.7.